The lowest BCUT2D eigenvalue weighted by Gasteiger charge is -2.16. The van der Waals surface area contributed by atoms with Gasteiger partial charge in [-0.05, 0) is 6.92 Å². The molecule has 0 aromatic carbocycles. The average Bonchev–Trinajstić information content (AvgIpc) is 2.21. The first kappa shape index (κ1) is 14.4. The van der Waals surface area contributed by atoms with Crippen LogP contribution in [0.5, 0.6) is 0 Å². The number of carbonyl (C=O) groups excluding carboxylic acids is 2. The molecule has 7 heteroatoms. The van der Waals surface area contributed by atoms with Gasteiger partial charge in [-0.2, -0.15) is 0 Å². The standard InChI is InChI=1S/C9H15NO6/c1-5(11)8(9(14)15)10-6(12)3-4-7(13)16-2/h5,8,11H,3-4H2,1-2H3,(H,10,12)(H,14,15). The highest BCUT2D eigenvalue weighted by molar-refractivity contribution is 5.86. The number of carbonyl (C=O) groups is 3. The Hall–Kier alpha value is -1.63. The second-order valence-electron chi connectivity index (χ2n) is 3.20. The van der Waals surface area contributed by atoms with Crippen LogP contribution in [0.15, 0.2) is 0 Å². The number of amides is 1. The fraction of sp³-hybridized carbons (Fsp3) is 0.667. The number of aliphatic carboxylic acids is 1. The SMILES string of the molecule is COC(=O)CCC(=O)NC(C(=O)O)C(C)O. The van der Waals surface area contributed by atoms with Crippen molar-refractivity contribution in [2.45, 2.75) is 31.9 Å². The summed E-state index contributed by atoms with van der Waals surface area (Å²) in [5, 5.41) is 19.8. The molecule has 0 aliphatic rings. The fourth-order valence-corrected chi connectivity index (χ4v) is 0.952. The zero-order chi connectivity index (χ0) is 12.7. The summed E-state index contributed by atoms with van der Waals surface area (Å²) in [6, 6.07) is -1.37. The number of nitrogens with one attached hydrogen (secondary N) is 1. The monoisotopic (exact) mass is 233 g/mol. The number of aliphatic hydroxyl groups is 1. The summed E-state index contributed by atoms with van der Waals surface area (Å²) >= 11 is 0. The molecule has 0 bridgehead atoms. The highest BCUT2D eigenvalue weighted by atomic mass is 16.5. The molecule has 0 aromatic rings. The van der Waals surface area contributed by atoms with Gasteiger partial charge in [-0.3, -0.25) is 9.59 Å². The van der Waals surface area contributed by atoms with Crippen molar-refractivity contribution in [3.8, 4) is 0 Å². The second kappa shape index (κ2) is 6.78. The molecule has 2 unspecified atom stereocenters. The van der Waals surface area contributed by atoms with Crippen LogP contribution in [0, 0.1) is 0 Å². The molecular formula is C9H15NO6. The van der Waals surface area contributed by atoms with Crippen LogP contribution in [0.25, 0.3) is 0 Å². The van der Waals surface area contributed by atoms with Crippen LogP contribution in [0.3, 0.4) is 0 Å². The normalized spacial score (nSPS) is 13.7. The molecule has 3 N–H and O–H groups in total. The summed E-state index contributed by atoms with van der Waals surface area (Å²) in [5.74, 6) is -2.51. The quantitative estimate of drug-likeness (QED) is 0.501. The summed E-state index contributed by atoms with van der Waals surface area (Å²) in [5.41, 5.74) is 0. The van der Waals surface area contributed by atoms with Gasteiger partial charge in [-0.25, -0.2) is 4.79 Å². The summed E-state index contributed by atoms with van der Waals surface area (Å²) in [7, 11) is 1.19. The molecule has 0 radical (unpaired) electrons. The van der Waals surface area contributed by atoms with E-state index in [4.69, 9.17) is 10.2 Å². The van der Waals surface area contributed by atoms with Crippen molar-refractivity contribution >= 4 is 17.8 Å². The third kappa shape index (κ3) is 5.30. The van der Waals surface area contributed by atoms with Crippen LogP contribution >= 0.6 is 0 Å². The third-order valence-electron chi connectivity index (χ3n) is 1.85. The van der Waals surface area contributed by atoms with Crippen LogP contribution in [0.4, 0.5) is 0 Å². The van der Waals surface area contributed by atoms with Crippen LogP contribution in [0.1, 0.15) is 19.8 Å². The van der Waals surface area contributed by atoms with Crippen LogP contribution in [-0.2, 0) is 19.1 Å². The molecule has 92 valence electrons. The van der Waals surface area contributed by atoms with E-state index in [-0.39, 0.29) is 12.8 Å². The van der Waals surface area contributed by atoms with Crippen LogP contribution < -0.4 is 5.32 Å². The largest absolute Gasteiger partial charge is 0.480 e. The first-order valence-corrected chi connectivity index (χ1v) is 4.65. The molecule has 0 saturated carbocycles. The van der Waals surface area contributed by atoms with E-state index in [2.05, 4.69) is 10.1 Å². The lowest BCUT2D eigenvalue weighted by molar-refractivity contribution is -0.145. The number of methoxy groups -OCH3 is 1. The molecule has 0 fully saturated rings. The molecular weight excluding hydrogens is 218 g/mol. The topological polar surface area (TPSA) is 113 Å². The van der Waals surface area contributed by atoms with Gasteiger partial charge in [0.25, 0.3) is 0 Å². The number of hydrogen-bond donors (Lipinski definition) is 3. The molecule has 0 rings (SSSR count). The number of ether oxygens (including phenoxy) is 1. The lowest BCUT2D eigenvalue weighted by atomic mass is 10.1. The van der Waals surface area contributed by atoms with E-state index in [1.807, 2.05) is 0 Å². The Balaban J connectivity index is 4.11. The van der Waals surface area contributed by atoms with Gasteiger partial charge in [-0.15, -0.1) is 0 Å². The molecule has 0 aliphatic carbocycles. The maximum atomic E-state index is 11.2. The first-order valence-electron chi connectivity index (χ1n) is 4.65. The van der Waals surface area contributed by atoms with Crippen molar-refractivity contribution < 1.29 is 29.3 Å². The number of aliphatic hydroxyl groups excluding tert-OH is 1. The van der Waals surface area contributed by atoms with Crippen molar-refractivity contribution in [1.82, 2.24) is 5.32 Å². The van der Waals surface area contributed by atoms with E-state index in [9.17, 15) is 14.4 Å². The van der Waals surface area contributed by atoms with Crippen molar-refractivity contribution in [2.75, 3.05) is 7.11 Å². The Bertz CT molecular complexity index is 275. The highest BCUT2D eigenvalue weighted by Gasteiger charge is 2.24. The third-order valence-corrected chi connectivity index (χ3v) is 1.85. The van der Waals surface area contributed by atoms with E-state index >= 15 is 0 Å². The number of hydrogen-bond acceptors (Lipinski definition) is 5. The van der Waals surface area contributed by atoms with E-state index < -0.39 is 30.0 Å². The minimum atomic E-state index is -1.37. The molecule has 0 spiro atoms. The molecule has 0 saturated heterocycles. The zero-order valence-corrected chi connectivity index (χ0v) is 9.10. The molecule has 0 heterocycles. The predicted octanol–water partition coefficient (Wildman–Crippen LogP) is -1.11. The molecule has 16 heavy (non-hydrogen) atoms. The minimum absolute atomic E-state index is 0.130. The molecule has 7 nitrogen and oxygen atoms in total. The number of carboxylic acids is 1. The fourth-order valence-electron chi connectivity index (χ4n) is 0.952. The molecule has 2 atom stereocenters. The number of esters is 1. The van der Waals surface area contributed by atoms with E-state index in [1.54, 1.807) is 0 Å². The van der Waals surface area contributed by atoms with Gasteiger partial charge in [0.2, 0.25) is 5.91 Å². The summed E-state index contributed by atoms with van der Waals surface area (Å²) < 4.78 is 4.32. The number of carboxylic acid groups (broad SMARTS) is 1. The summed E-state index contributed by atoms with van der Waals surface area (Å²) in [6.45, 7) is 1.25. The molecule has 1 amide bonds. The Kier molecular flexibility index (Phi) is 6.09. The predicted molar refractivity (Wildman–Crippen MR) is 52.5 cm³/mol. The Morgan fingerprint density at radius 1 is 1.31 bits per heavy atom. The van der Waals surface area contributed by atoms with Crippen LogP contribution in [0.2, 0.25) is 0 Å². The highest BCUT2D eigenvalue weighted by Crippen LogP contribution is 1.97. The minimum Gasteiger partial charge on any atom is -0.480 e. The van der Waals surface area contributed by atoms with Gasteiger partial charge in [0.05, 0.1) is 19.6 Å². The van der Waals surface area contributed by atoms with Gasteiger partial charge in [0.15, 0.2) is 6.04 Å². The smallest absolute Gasteiger partial charge is 0.328 e. The maximum absolute atomic E-state index is 11.2. The van der Waals surface area contributed by atoms with Crippen molar-refractivity contribution in [1.29, 1.82) is 0 Å². The summed E-state index contributed by atoms with van der Waals surface area (Å²) in [4.78, 5) is 32.5. The maximum Gasteiger partial charge on any atom is 0.328 e. The zero-order valence-electron chi connectivity index (χ0n) is 9.10. The Labute approximate surface area is 92.4 Å². The molecule has 0 aromatic heterocycles. The molecule has 0 aliphatic heterocycles. The second-order valence-corrected chi connectivity index (χ2v) is 3.20. The van der Waals surface area contributed by atoms with Crippen molar-refractivity contribution in [3.05, 3.63) is 0 Å². The first-order chi connectivity index (χ1) is 7.38. The van der Waals surface area contributed by atoms with Crippen LogP contribution in [-0.4, -0.2) is 47.3 Å². The van der Waals surface area contributed by atoms with E-state index in [1.165, 1.54) is 14.0 Å². The average molecular weight is 233 g/mol. The Morgan fingerprint density at radius 2 is 1.88 bits per heavy atom. The Morgan fingerprint density at radius 3 is 2.25 bits per heavy atom. The van der Waals surface area contributed by atoms with Gasteiger partial charge >= 0.3 is 11.9 Å². The van der Waals surface area contributed by atoms with Gasteiger partial charge in [-0.1, -0.05) is 0 Å². The van der Waals surface area contributed by atoms with Gasteiger partial charge in [0, 0.05) is 6.42 Å². The lowest BCUT2D eigenvalue weighted by Crippen LogP contribution is -2.47. The number of rotatable bonds is 6. The summed E-state index contributed by atoms with van der Waals surface area (Å²) in [6.07, 6.45) is -1.52. The van der Waals surface area contributed by atoms with Gasteiger partial charge in [0.1, 0.15) is 0 Å². The van der Waals surface area contributed by atoms with Gasteiger partial charge < -0.3 is 20.3 Å². The van der Waals surface area contributed by atoms with E-state index in [0.717, 1.165) is 0 Å². The van der Waals surface area contributed by atoms with Crippen molar-refractivity contribution in [2.24, 2.45) is 0 Å². The van der Waals surface area contributed by atoms with E-state index in [0.29, 0.717) is 0 Å². The van der Waals surface area contributed by atoms with Crippen molar-refractivity contribution in [3.63, 3.8) is 0 Å².